The van der Waals surface area contributed by atoms with Crippen LogP contribution in [0.4, 0.5) is 0 Å². The highest BCUT2D eigenvalue weighted by Crippen LogP contribution is 2.25. The van der Waals surface area contributed by atoms with Gasteiger partial charge in [0, 0.05) is 33.9 Å². The Hall–Kier alpha value is -0.870. The van der Waals surface area contributed by atoms with Gasteiger partial charge in [0.25, 0.3) is 0 Å². The first-order valence-corrected chi connectivity index (χ1v) is 8.36. The first kappa shape index (κ1) is 14.5. The first-order chi connectivity index (χ1) is 9.24. The van der Waals surface area contributed by atoms with E-state index in [0.717, 1.165) is 29.7 Å². The Morgan fingerprint density at radius 1 is 1.32 bits per heavy atom. The largest absolute Gasteiger partial charge is 0.496 e. The number of hydrogen-bond donors (Lipinski definition) is 1. The van der Waals surface area contributed by atoms with Crippen molar-refractivity contribution >= 4 is 10.8 Å². The van der Waals surface area contributed by atoms with E-state index < -0.39 is 10.8 Å². The Morgan fingerprint density at radius 3 is 2.68 bits per heavy atom. The van der Waals surface area contributed by atoms with Crippen molar-refractivity contribution in [2.75, 3.05) is 7.11 Å². The molecule has 1 fully saturated rings. The summed E-state index contributed by atoms with van der Waals surface area (Å²) in [6.07, 6.45) is 5.99. The molecule has 4 heteroatoms. The fourth-order valence-corrected chi connectivity index (χ4v) is 4.29. The predicted molar refractivity (Wildman–Crippen MR) is 79.6 cm³/mol. The highest BCUT2D eigenvalue weighted by molar-refractivity contribution is 7.84. The van der Waals surface area contributed by atoms with Gasteiger partial charge in [-0.1, -0.05) is 25.3 Å². The zero-order valence-corrected chi connectivity index (χ0v) is 12.4. The molecule has 1 aromatic carbocycles. The summed E-state index contributed by atoms with van der Waals surface area (Å²) in [5, 5.41) is 0.386. The van der Waals surface area contributed by atoms with Crippen LogP contribution in [0.15, 0.2) is 18.2 Å². The molecule has 0 amide bonds. The normalized spacial score (nSPS) is 18.2. The van der Waals surface area contributed by atoms with Crippen LogP contribution in [0.1, 0.15) is 43.2 Å². The molecule has 2 rings (SSSR count). The molecule has 0 aromatic heterocycles. The minimum atomic E-state index is -0.758. The van der Waals surface area contributed by atoms with Crippen LogP contribution < -0.4 is 10.5 Å². The topological polar surface area (TPSA) is 52.3 Å². The second-order valence-electron chi connectivity index (χ2n) is 5.14. The molecule has 0 spiro atoms. The Kier molecular flexibility index (Phi) is 5.40. The monoisotopic (exact) mass is 281 g/mol. The molecule has 2 N–H and O–H groups in total. The van der Waals surface area contributed by atoms with Gasteiger partial charge in [-0.05, 0) is 30.5 Å². The van der Waals surface area contributed by atoms with Gasteiger partial charge < -0.3 is 10.5 Å². The summed E-state index contributed by atoms with van der Waals surface area (Å²) < 4.78 is 17.6. The summed E-state index contributed by atoms with van der Waals surface area (Å²) in [5.74, 6) is 1.46. The second-order valence-corrected chi connectivity index (χ2v) is 6.85. The molecular weight excluding hydrogens is 258 g/mol. The Morgan fingerprint density at radius 2 is 2.05 bits per heavy atom. The van der Waals surface area contributed by atoms with Crippen molar-refractivity contribution in [3.8, 4) is 5.75 Å². The van der Waals surface area contributed by atoms with Gasteiger partial charge in [0.05, 0.1) is 7.11 Å². The van der Waals surface area contributed by atoms with Crippen molar-refractivity contribution in [1.82, 2.24) is 0 Å². The fraction of sp³-hybridized carbons (Fsp3) is 0.600. The molecule has 0 aliphatic heterocycles. The summed E-state index contributed by atoms with van der Waals surface area (Å²) >= 11 is 0. The molecule has 0 saturated heterocycles. The summed E-state index contributed by atoms with van der Waals surface area (Å²) in [4.78, 5) is 0. The average molecular weight is 281 g/mol. The van der Waals surface area contributed by atoms with Gasteiger partial charge in [0.15, 0.2) is 0 Å². The Labute approximate surface area is 118 Å². The highest BCUT2D eigenvalue weighted by Gasteiger charge is 2.20. The number of methoxy groups -OCH3 is 1. The van der Waals surface area contributed by atoms with Gasteiger partial charge in [-0.15, -0.1) is 0 Å². The smallest absolute Gasteiger partial charge is 0.123 e. The molecule has 1 saturated carbocycles. The third-order valence-corrected chi connectivity index (χ3v) is 5.63. The lowest BCUT2D eigenvalue weighted by atomic mass is 10.0. The van der Waals surface area contributed by atoms with Crippen molar-refractivity contribution in [3.05, 3.63) is 29.3 Å². The van der Waals surface area contributed by atoms with Crippen LogP contribution in [0.25, 0.3) is 0 Å². The van der Waals surface area contributed by atoms with Gasteiger partial charge in [-0.3, -0.25) is 4.21 Å². The van der Waals surface area contributed by atoms with Crippen LogP contribution in [0.2, 0.25) is 0 Å². The van der Waals surface area contributed by atoms with Crippen LogP contribution in [0.3, 0.4) is 0 Å². The minimum absolute atomic E-state index is 0.386. The zero-order valence-electron chi connectivity index (χ0n) is 11.6. The Balaban J connectivity index is 2.03. The van der Waals surface area contributed by atoms with Crippen molar-refractivity contribution in [2.24, 2.45) is 5.73 Å². The van der Waals surface area contributed by atoms with E-state index >= 15 is 0 Å². The van der Waals surface area contributed by atoms with Crippen molar-refractivity contribution in [3.63, 3.8) is 0 Å². The molecule has 0 heterocycles. The third-order valence-electron chi connectivity index (χ3n) is 3.80. The number of rotatable bonds is 5. The van der Waals surface area contributed by atoms with E-state index in [-0.39, 0.29) is 0 Å². The average Bonchev–Trinajstić information content (AvgIpc) is 2.48. The second kappa shape index (κ2) is 7.06. The SMILES string of the molecule is COc1ccc(CS(=O)C2CCCCC2)cc1CN. The molecule has 1 aromatic rings. The molecule has 0 bridgehead atoms. The van der Waals surface area contributed by atoms with E-state index in [0.29, 0.717) is 17.5 Å². The van der Waals surface area contributed by atoms with Crippen molar-refractivity contribution in [1.29, 1.82) is 0 Å². The summed E-state index contributed by atoms with van der Waals surface area (Å²) in [6.45, 7) is 0.451. The molecule has 1 aliphatic carbocycles. The predicted octanol–water partition coefficient (Wildman–Crippen LogP) is 2.74. The summed E-state index contributed by atoms with van der Waals surface area (Å²) in [7, 11) is 0.889. The number of benzene rings is 1. The van der Waals surface area contributed by atoms with E-state index in [2.05, 4.69) is 0 Å². The summed E-state index contributed by atoms with van der Waals surface area (Å²) in [5.41, 5.74) is 7.80. The maximum absolute atomic E-state index is 12.4. The maximum atomic E-state index is 12.4. The fourth-order valence-electron chi connectivity index (χ4n) is 2.69. The van der Waals surface area contributed by atoms with Crippen LogP contribution >= 0.6 is 0 Å². The number of hydrogen-bond acceptors (Lipinski definition) is 3. The van der Waals surface area contributed by atoms with Gasteiger partial charge >= 0.3 is 0 Å². The molecule has 19 heavy (non-hydrogen) atoms. The van der Waals surface area contributed by atoms with Gasteiger partial charge in [0.2, 0.25) is 0 Å². The minimum Gasteiger partial charge on any atom is -0.496 e. The maximum Gasteiger partial charge on any atom is 0.123 e. The van der Waals surface area contributed by atoms with E-state index in [1.54, 1.807) is 7.11 Å². The van der Waals surface area contributed by atoms with Crippen LogP contribution in [-0.2, 0) is 23.1 Å². The third kappa shape index (κ3) is 3.80. The molecule has 106 valence electrons. The zero-order chi connectivity index (χ0) is 13.7. The van der Waals surface area contributed by atoms with Gasteiger partial charge in [-0.2, -0.15) is 0 Å². The molecular formula is C15H23NO2S. The lowest BCUT2D eigenvalue weighted by Gasteiger charge is -2.21. The van der Waals surface area contributed by atoms with Gasteiger partial charge in [-0.25, -0.2) is 0 Å². The Bertz CT molecular complexity index is 442. The quantitative estimate of drug-likeness (QED) is 0.903. The first-order valence-electron chi connectivity index (χ1n) is 6.97. The molecule has 3 nitrogen and oxygen atoms in total. The van der Waals surface area contributed by atoms with E-state index in [4.69, 9.17) is 10.5 Å². The summed E-state index contributed by atoms with van der Waals surface area (Å²) in [6, 6.07) is 5.95. The standard InChI is InChI=1S/C15H23NO2S/c1-18-15-8-7-12(9-13(15)10-16)11-19(17)14-5-3-2-4-6-14/h7-9,14H,2-6,10-11,16H2,1H3. The molecule has 1 aliphatic rings. The van der Waals surface area contributed by atoms with Crippen LogP contribution in [0.5, 0.6) is 5.75 Å². The van der Waals surface area contributed by atoms with E-state index in [9.17, 15) is 4.21 Å². The van der Waals surface area contributed by atoms with Gasteiger partial charge in [0.1, 0.15) is 5.75 Å². The lowest BCUT2D eigenvalue weighted by molar-refractivity contribution is 0.409. The van der Waals surface area contributed by atoms with Crippen LogP contribution in [-0.4, -0.2) is 16.6 Å². The molecule has 1 unspecified atom stereocenters. The van der Waals surface area contributed by atoms with E-state index in [1.165, 1.54) is 19.3 Å². The molecule has 0 radical (unpaired) electrons. The van der Waals surface area contributed by atoms with Crippen molar-refractivity contribution < 1.29 is 8.95 Å². The van der Waals surface area contributed by atoms with E-state index in [1.807, 2.05) is 18.2 Å². The highest BCUT2D eigenvalue weighted by atomic mass is 32.2. The van der Waals surface area contributed by atoms with Crippen LogP contribution in [0, 0.1) is 0 Å². The lowest BCUT2D eigenvalue weighted by Crippen LogP contribution is -2.19. The number of nitrogens with two attached hydrogens (primary N) is 1. The number of ether oxygens (including phenoxy) is 1. The molecule has 1 atom stereocenters. The van der Waals surface area contributed by atoms with Crippen molar-refractivity contribution in [2.45, 2.75) is 49.7 Å².